The van der Waals surface area contributed by atoms with Gasteiger partial charge in [-0.25, -0.2) is 4.98 Å². The number of nitrogens with zero attached hydrogens (tertiary/aromatic N) is 3. The van der Waals surface area contributed by atoms with E-state index in [1.54, 1.807) is 0 Å². The number of anilines is 2. The van der Waals surface area contributed by atoms with E-state index >= 15 is 0 Å². The predicted octanol–water partition coefficient (Wildman–Crippen LogP) is -0.117. The van der Waals surface area contributed by atoms with Gasteiger partial charge in [0, 0.05) is 25.7 Å². The van der Waals surface area contributed by atoms with Crippen LogP contribution in [0.5, 0.6) is 0 Å². The van der Waals surface area contributed by atoms with E-state index in [0.717, 1.165) is 26.1 Å². The average molecular weight is 237 g/mol. The summed E-state index contributed by atoms with van der Waals surface area (Å²) < 4.78 is 0. The summed E-state index contributed by atoms with van der Waals surface area (Å²) in [6.45, 7) is 4.85. The van der Waals surface area contributed by atoms with Crippen LogP contribution in [0.2, 0.25) is 0 Å². The van der Waals surface area contributed by atoms with Crippen molar-refractivity contribution >= 4 is 11.5 Å². The molecule has 1 aliphatic heterocycles. The SMILES string of the molecule is CCC1CN(c2nc[nH]c(=O)c2N)CCN1C. The van der Waals surface area contributed by atoms with Crippen LogP contribution >= 0.6 is 0 Å². The second kappa shape index (κ2) is 4.75. The van der Waals surface area contributed by atoms with Crippen molar-refractivity contribution in [2.24, 2.45) is 0 Å². The van der Waals surface area contributed by atoms with Gasteiger partial charge in [0.05, 0.1) is 6.33 Å². The van der Waals surface area contributed by atoms with Gasteiger partial charge in [-0.15, -0.1) is 0 Å². The molecule has 3 N–H and O–H groups in total. The zero-order valence-electron chi connectivity index (χ0n) is 10.3. The van der Waals surface area contributed by atoms with Crippen molar-refractivity contribution in [2.45, 2.75) is 19.4 Å². The molecular formula is C11H19N5O. The van der Waals surface area contributed by atoms with Crippen molar-refractivity contribution in [1.82, 2.24) is 14.9 Å². The Hall–Kier alpha value is -1.56. The van der Waals surface area contributed by atoms with Crippen LogP contribution in [0.25, 0.3) is 0 Å². The second-order valence-corrected chi connectivity index (χ2v) is 4.46. The van der Waals surface area contributed by atoms with Crippen LogP contribution in [0.4, 0.5) is 11.5 Å². The van der Waals surface area contributed by atoms with Crippen LogP contribution in [0.3, 0.4) is 0 Å². The summed E-state index contributed by atoms with van der Waals surface area (Å²) in [6.07, 6.45) is 2.49. The first-order chi connectivity index (χ1) is 8.13. The number of aromatic amines is 1. The van der Waals surface area contributed by atoms with Gasteiger partial charge in [-0.1, -0.05) is 6.92 Å². The summed E-state index contributed by atoms with van der Waals surface area (Å²) in [5.41, 5.74) is 5.73. The molecule has 1 aromatic heterocycles. The Kier molecular flexibility index (Phi) is 3.33. The Morgan fingerprint density at radius 1 is 1.59 bits per heavy atom. The number of nitrogen functional groups attached to an aromatic ring is 1. The van der Waals surface area contributed by atoms with Gasteiger partial charge in [0.1, 0.15) is 5.69 Å². The number of hydrogen-bond donors (Lipinski definition) is 2. The molecule has 1 aromatic rings. The molecule has 6 nitrogen and oxygen atoms in total. The predicted molar refractivity (Wildman–Crippen MR) is 68.2 cm³/mol. The number of likely N-dealkylation sites (N-methyl/N-ethyl adjacent to an activating group) is 1. The van der Waals surface area contributed by atoms with Crippen LogP contribution < -0.4 is 16.2 Å². The van der Waals surface area contributed by atoms with Crippen molar-refractivity contribution in [1.29, 1.82) is 0 Å². The third-order valence-corrected chi connectivity index (χ3v) is 3.42. The van der Waals surface area contributed by atoms with E-state index in [4.69, 9.17) is 5.73 Å². The van der Waals surface area contributed by atoms with Crippen LogP contribution in [-0.2, 0) is 0 Å². The van der Waals surface area contributed by atoms with Gasteiger partial charge >= 0.3 is 0 Å². The molecule has 1 atom stereocenters. The first kappa shape index (κ1) is 11.9. The number of nitrogens with one attached hydrogen (secondary N) is 1. The van der Waals surface area contributed by atoms with Crippen LogP contribution in [0.15, 0.2) is 11.1 Å². The van der Waals surface area contributed by atoms with Gasteiger partial charge in [0.25, 0.3) is 5.56 Å². The summed E-state index contributed by atoms with van der Waals surface area (Å²) in [7, 11) is 2.13. The Labute approximate surface area is 100 Å². The molecule has 1 unspecified atom stereocenters. The van der Waals surface area contributed by atoms with Crippen molar-refractivity contribution < 1.29 is 0 Å². The first-order valence-electron chi connectivity index (χ1n) is 5.91. The molecule has 0 saturated carbocycles. The van der Waals surface area contributed by atoms with Crippen molar-refractivity contribution in [2.75, 3.05) is 37.3 Å². The molecule has 1 saturated heterocycles. The number of rotatable bonds is 2. The maximum absolute atomic E-state index is 11.4. The van der Waals surface area contributed by atoms with Crippen molar-refractivity contribution in [3.63, 3.8) is 0 Å². The Morgan fingerprint density at radius 3 is 3.06 bits per heavy atom. The zero-order chi connectivity index (χ0) is 12.4. The third-order valence-electron chi connectivity index (χ3n) is 3.42. The highest BCUT2D eigenvalue weighted by Crippen LogP contribution is 2.20. The van der Waals surface area contributed by atoms with E-state index in [1.807, 2.05) is 0 Å². The zero-order valence-corrected chi connectivity index (χ0v) is 10.3. The minimum atomic E-state index is -0.262. The highest BCUT2D eigenvalue weighted by Gasteiger charge is 2.25. The minimum Gasteiger partial charge on any atom is -0.391 e. The lowest BCUT2D eigenvalue weighted by Crippen LogP contribution is -2.51. The molecule has 0 aliphatic carbocycles. The topological polar surface area (TPSA) is 78.2 Å². The molecule has 0 amide bonds. The smallest absolute Gasteiger partial charge is 0.276 e. The normalized spacial score (nSPS) is 21.8. The Balaban J connectivity index is 2.23. The van der Waals surface area contributed by atoms with E-state index in [1.165, 1.54) is 6.33 Å². The van der Waals surface area contributed by atoms with Gasteiger partial charge in [-0.05, 0) is 13.5 Å². The molecular weight excluding hydrogens is 218 g/mol. The van der Waals surface area contributed by atoms with Crippen LogP contribution in [0, 0.1) is 0 Å². The van der Waals surface area contributed by atoms with E-state index in [9.17, 15) is 4.79 Å². The first-order valence-corrected chi connectivity index (χ1v) is 5.91. The molecule has 17 heavy (non-hydrogen) atoms. The number of hydrogen-bond acceptors (Lipinski definition) is 5. The molecule has 0 bridgehead atoms. The molecule has 2 rings (SSSR count). The lowest BCUT2D eigenvalue weighted by molar-refractivity contribution is 0.213. The van der Waals surface area contributed by atoms with Crippen LogP contribution in [-0.4, -0.2) is 47.6 Å². The molecule has 0 aromatic carbocycles. The fourth-order valence-corrected chi connectivity index (χ4v) is 2.23. The van der Waals surface area contributed by atoms with Gasteiger partial charge in [0.15, 0.2) is 5.82 Å². The lowest BCUT2D eigenvalue weighted by Gasteiger charge is -2.39. The van der Waals surface area contributed by atoms with Gasteiger partial charge in [0.2, 0.25) is 0 Å². The van der Waals surface area contributed by atoms with Crippen molar-refractivity contribution in [3.05, 3.63) is 16.7 Å². The van der Waals surface area contributed by atoms with Gasteiger partial charge in [-0.3, -0.25) is 9.69 Å². The maximum atomic E-state index is 11.4. The van der Waals surface area contributed by atoms with E-state index in [2.05, 4.69) is 33.7 Å². The van der Waals surface area contributed by atoms with Crippen molar-refractivity contribution in [3.8, 4) is 0 Å². The molecule has 6 heteroatoms. The van der Waals surface area contributed by atoms with Crippen LogP contribution in [0.1, 0.15) is 13.3 Å². The number of H-pyrrole nitrogens is 1. The van der Waals surface area contributed by atoms with Gasteiger partial charge in [-0.2, -0.15) is 0 Å². The molecule has 0 radical (unpaired) electrons. The number of nitrogens with two attached hydrogens (primary N) is 1. The van der Waals surface area contributed by atoms with E-state index in [-0.39, 0.29) is 11.2 Å². The standard InChI is InChI=1S/C11H19N5O/c1-3-8-6-16(5-4-15(8)2)10-9(12)11(17)14-7-13-10/h7-8H,3-6,12H2,1-2H3,(H,13,14,17). The summed E-state index contributed by atoms with van der Waals surface area (Å²) in [5.74, 6) is 0.611. The molecule has 1 aliphatic rings. The minimum absolute atomic E-state index is 0.215. The Bertz CT molecular complexity index is 444. The summed E-state index contributed by atoms with van der Waals surface area (Å²) >= 11 is 0. The largest absolute Gasteiger partial charge is 0.391 e. The lowest BCUT2D eigenvalue weighted by atomic mass is 10.1. The molecule has 94 valence electrons. The third kappa shape index (κ3) is 2.26. The Morgan fingerprint density at radius 2 is 2.35 bits per heavy atom. The van der Waals surface area contributed by atoms with E-state index in [0.29, 0.717) is 11.9 Å². The molecule has 1 fully saturated rings. The molecule has 2 heterocycles. The summed E-state index contributed by atoms with van der Waals surface area (Å²) in [5, 5.41) is 0. The maximum Gasteiger partial charge on any atom is 0.276 e. The fraction of sp³-hybridized carbons (Fsp3) is 0.636. The average Bonchev–Trinajstić information content (AvgIpc) is 2.34. The van der Waals surface area contributed by atoms with Gasteiger partial charge < -0.3 is 15.6 Å². The number of aromatic nitrogens is 2. The quantitative estimate of drug-likeness (QED) is 0.750. The molecule has 0 spiro atoms. The second-order valence-electron chi connectivity index (χ2n) is 4.46. The monoisotopic (exact) mass is 237 g/mol. The highest BCUT2D eigenvalue weighted by atomic mass is 16.1. The van der Waals surface area contributed by atoms with E-state index < -0.39 is 0 Å². The highest BCUT2D eigenvalue weighted by molar-refractivity contribution is 5.61. The summed E-state index contributed by atoms with van der Waals surface area (Å²) in [6, 6.07) is 0.490. The fourth-order valence-electron chi connectivity index (χ4n) is 2.23. The summed E-state index contributed by atoms with van der Waals surface area (Å²) in [4.78, 5) is 22.5. The number of piperazine rings is 1.